The Hall–Kier alpha value is -4.07. The summed E-state index contributed by atoms with van der Waals surface area (Å²) in [5.41, 5.74) is 2.93. The van der Waals surface area contributed by atoms with Gasteiger partial charge in [-0.2, -0.15) is 5.10 Å². The molecule has 1 unspecified atom stereocenters. The van der Waals surface area contributed by atoms with Crippen LogP contribution in [0.15, 0.2) is 65.6 Å². The van der Waals surface area contributed by atoms with Crippen molar-refractivity contribution in [3.8, 4) is 11.5 Å². The highest BCUT2D eigenvalue weighted by Crippen LogP contribution is 2.35. The average molecular weight is 447 g/mol. The van der Waals surface area contributed by atoms with Crippen molar-refractivity contribution in [3.05, 3.63) is 88.0 Å². The lowest BCUT2D eigenvalue weighted by atomic mass is 9.90. The van der Waals surface area contributed by atoms with Gasteiger partial charge < -0.3 is 19.8 Å². The number of nitrogens with one attached hydrogen (secondary N) is 2. The summed E-state index contributed by atoms with van der Waals surface area (Å²) in [6, 6.07) is 16.6. The molecule has 0 saturated heterocycles. The zero-order valence-electron chi connectivity index (χ0n) is 18.8. The highest BCUT2D eigenvalue weighted by atomic mass is 16.5. The highest BCUT2D eigenvalue weighted by molar-refractivity contribution is 5.92. The number of benzene rings is 2. The minimum absolute atomic E-state index is 0.165. The second-order valence-electron chi connectivity index (χ2n) is 7.58. The summed E-state index contributed by atoms with van der Waals surface area (Å²) < 4.78 is 12.4. The van der Waals surface area contributed by atoms with Crippen molar-refractivity contribution >= 4 is 16.8 Å². The van der Waals surface area contributed by atoms with Gasteiger partial charge >= 0.3 is 0 Å². The second-order valence-corrected chi connectivity index (χ2v) is 7.58. The number of nitrogens with zero attached hydrogens (tertiary/aromatic N) is 2. The number of carbonyl (C=O) groups excluding carboxylic acids is 1. The SMILES string of the molecule is CCOc1ccc(C(CNC(=O)c2ccc(=O)n(C)n2)c2c[nH]c3ccccc23)cc1OC. The molecule has 2 aromatic heterocycles. The van der Waals surface area contributed by atoms with Crippen LogP contribution in [0.25, 0.3) is 10.9 Å². The van der Waals surface area contributed by atoms with E-state index in [1.54, 1.807) is 7.11 Å². The van der Waals surface area contributed by atoms with Crippen LogP contribution in [0.3, 0.4) is 0 Å². The summed E-state index contributed by atoms with van der Waals surface area (Å²) in [4.78, 5) is 27.7. The number of aryl methyl sites for hydroxylation is 1. The smallest absolute Gasteiger partial charge is 0.271 e. The van der Waals surface area contributed by atoms with Gasteiger partial charge in [-0.15, -0.1) is 0 Å². The summed E-state index contributed by atoms with van der Waals surface area (Å²) in [5.74, 6) is 0.778. The number of aromatic nitrogens is 3. The molecule has 0 spiro atoms. The Kier molecular flexibility index (Phi) is 6.44. The zero-order valence-corrected chi connectivity index (χ0v) is 18.8. The Labute approximate surface area is 191 Å². The second kappa shape index (κ2) is 9.60. The molecular weight excluding hydrogens is 420 g/mol. The maximum absolute atomic E-state index is 12.8. The van der Waals surface area contributed by atoms with Crippen molar-refractivity contribution in [2.75, 3.05) is 20.3 Å². The van der Waals surface area contributed by atoms with E-state index >= 15 is 0 Å². The summed E-state index contributed by atoms with van der Waals surface area (Å²) in [5, 5.41) is 8.09. The van der Waals surface area contributed by atoms with E-state index in [4.69, 9.17) is 9.47 Å². The molecule has 0 radical (unpaired) electrons. The fourth-order valence-electron chi connectivity index (χ4n) is 3.87. The number of fused-ring (bicyclic) bond motifs is 1. The predicted molar refractivity (Wildman–Crippen MR) is 126 cm³/mol. The number of aromatic amines is 1. The quantitative estimate of drug-likeness (QED) is 0.433. The molecule has 0 aliphatic rings. The lowest BCUT2D eigenvalue weighted by Crippen LogP contribution is -2.31. The van der Waals surface area contributed by atoms with Crippen LogP contribution < -0.4 is 20.3 Å². The third kappa shape index (κ3) is 4.59. The number of para-hydroxylation sites is 1. The Balaban J connectivity index is 1.69. The summed E-state index contributed by atoms with van der Waals surface area (Å²) in [7, 11) is 3.12. The number of hydrogen-bond acceptors (Lipinski definition) is 5. The molecule has 4 rings (SSSR count). The largest absolute Gasteiger partial charge is 0.493 e. The van der Waals surface area contributed by atoms with E-state index in [0.29, 0.717) is 24.7 Å². The van der Waals surface area contributed by atoms with E-state index in [-0.39, 0.29) is 23.1 Å². The molecule has 1 atom stereocenters. The molecule has 0 aliphatic carbocycles. The van der Waals surface area contributed by atoms with Crippen molar-refractivity contribution < 1.29 is 14.3 Å². The van der Waals surface area contributed by atoms with Gasteiger partial charge in [0.2, 0.25) is 0 Å². The van der Waals surface area contributed by atoms with Crippen LogP contribution in [-0.2, 0) is 7.05 Å². The molecule has 2 aromatic carbocycles. The molecule has 0 saturated carbocycles. The van der Waals surface area contributed by atoms with E-state index in [1.807, 2.05) is 49.5 Å². The molecule has 33 heavy (non-hydrogen) atoms. The number of amides is 1. The first-order valence-corrected chi connectivity index (χ1v) is 10.7. The molecular formula is C25H26N4O4. The number of methoxy groups -OCH3 is 1. The molecule has 0 fully saturated rings. The van der Waals surface area contributed by atoms with Crippen LogP contribution in [0.5, 0.6) is 11.5 Å². The topological polar surface area (TPSA) is 98.2 Å². The van der Waals surface area contributed by atoms with Crippen molar-refractivity contribution in [1.82, 2.24) is 20.1 Å². The van der Waals surface area contributed by atoms with E-state index in [1.165, 1.54) is 19.2 Å². The van der Waals surface area contributed by atoms with Crippen molar-refractivity contribution in [3.63, 3.8) is 0 Å². The third-order valence-electron chi connectivity index (χ3n) is 5.55. The van der Waals surface area contributed by atoms with E-state index in [2.05, 4.69) is 21.5 Å². The van der Waals surface area contributed by atoms with Gasteiger partial charge in [0.25, 0.3) is 11.5 Å². The first-order valence-electron chi connectivity index (χ1n) is 10.7. The number of hydrogen-bond donors (Lipinski definition) is 2. The average Bonchev–Trinajstić information content (AvgIpc) is 3.25. The maximum atomic E-state index is 12.8. The van der Waals surface area contributed by atoms with E-state index < -0.39 is 0 Å². The first-order chi connectivity index (χ1) is 16.0. The molecule has 1 amide bonds. The Bertz CT molecular complexity index is 1340. The third-order valence-corrected chi connectivity index (χ3v) is 5.55. The molecule has 4 aromatic rings. The lowest BCUT2D eigenvalue weighted by molar-refractivity contribution is 0.0945. The number of ether oxygens (including phenoxy) is 2. The van der Waals surface area contributed by atoms with Crippen LogP contribution >= 0.6 is 0 Å². The van der Waals surface area contributed by atoms with E-state index in [9.17, 15) is 9.59 Å². The summed E-state index contributed by atoms with van der Waals surface area (Å²) >= 11 is 0. The molecule has 170 valence electrons. The van der Waals surface area contributed by atoms with Crippen LogP contribution in [0.4, 0.5) is 0 Å². The van der Waals surface area contributed by atoms with Crippen LogP contribution in [0.1, 0.15) is 34.5 Å². The van der Waals surface area contributed by atoms with Crippen molar-refractivity contribution in [2.24, 2.45) is 7.05 Å². The molecule has 8 nitrogen and oxygen atoms in total. The highest BCUT2D eigenvalue weighted by Gasteiger charge is 2.21. The number of carbonyl (C=O) groups is 1. The first kappa shape index (κ1) is 22.1. The van der Waals surface area contributed by atoms with Gasteiger partial charge in [0.15, 0.2) is 11.5 Å². The maximum Gasteiger partial charge on any atom is 0.271 e. The molecule has 8 heteroatoms. The fraction of sp³-hybridized carbons (Fsp3) is 0.240. The molecule has 0 aliphatic heterocycles. The fourth-order valence-corrected chi connectivity index (χ4v) is 3.87. The van der Waals surface area contributed by atoms with Gasteiger partial charge in [0, 0.05) is 42.7 Å². The van der Waals surface area contributed by atoms with Gasteiger partial charge in [-0.25, -0.2) is 4.68 Å². The lowest BCUT2D eigenvalue weighted by Gasteiger charge is -2.20. The Morgan fingerprint density at radius 2 is 1.97 bits per heavy atom. The van der Waals surface area contributed by atoms with E-state index in [0.717, 1.165) is 26.7 Å². The van der Waals surface area contributed by atoms with Gasteiger partial charge in [-0.3, -0.25) is 9.59 Å². The van der Waals surface area contributed by atoms with Gasteiger partial charge in [-0.05, 0) is 42.3 Å². The molecule has 0 bridgehead atoms. The normalized spacial score (nSPS) is 11.8. The Morgan fingerprint density at radius 1 is 1.15 bits per heavy atom. The number of H-pyrrole nitrogens is 1. The number of rotatable bonds is 8. The van der Waals surface area contributed by atoms with Crippen LogP contribution in [0.2, 0.25) is 0 Å². The van der Waals surface area contributed by atoms with Crippen LogP contribution in [-0.4, -0.2) is 40.9 Å². The van der Waals surface area contributed by atoms with Crippen LogP contribution in [0, 0.1) is 0 Å². The summed E-state index contributed by atoms with van der Waals surface area (Å²) in [6.07, 6.45) is 1.97. The molecule has 2 heterocycles. The van der Waals surface area contributed by atoms with Crippen molar-refractivity contribution in [1.29, 1.82) is 0 Å². The van der Waals surface area contributed by atoms with Gasteiger partial charge in [-0.1, -0.05) is 24.3 Å². The van der Waals surface area contributed by atoms with Gasteiger partial charge in [0.05, 0.1) is 13.7 Å². The minimum atomic E-state index is -0.353. The van der Waals surface area contributed by atoms with Gasteiger partial charge in [0.1, 0.15) is 5.69 Å². The minimum Gasteiger partial charge on any atom is -0.493 e. The predicted octanol–water partition coefficient (Wildman–Crippen LogP) is 3.23. The monoisotopic (exact) mass is 446 g/mol. The zero-order chi connectivity index (χ0) is 23.4. The standard InChI is InChI=1S/C25H26N4O4/c1-4-33-22-11-9-16(13-23(22)32-3)18(19-15-26-20-8-6-5-7-17(19)20)14-27-25(31)21-10-12-24(30)29(2)28-21/h5-13,15,18,26H,4,14H2,1-3H3,(H,27,31). The summed E-state index contributed by atoms with van der Waals surface area (Å²) in [6.45, 7) is 2.78. The molecule has 2 N–H and O–H groups in total. The van der Waals surface area contributed by atoms with Crippen molar-refractivity contribution in [2.45, 2.75) is 12.8 Å². The Morgan fingerprint density at radius 3 is 2.73 bits per heavy atom.